The molecule has 6 heteroatoms. The first-order valence-corrected chi connectivity index (χ1v) is 6.69. The molecule has 2 aromatic rings. The van der Waals surface area contributed by atoms with Crippen molar-refractivity contribution in [1.29, 1.82) is 0 Å². The van der Waals surface area contributed by atoms with Crippen molar-refractivity contribution in [1.82, 2.24) is 14.5 Å². The molecule has 0 aromatic carbocycles. The molecule has 0 saturated carbocycles. The summed E-state index contributed by atoms with van der Waals surface area (Å²) in [6, 6.07) is 1.78. The van der Waals surface area contributed by atoms with Crippen molar-refractivity contribution in [2.24, 2.45) is 0 Å². The summed E-state index contributed by atoms with van der Waals surface area (Å²) in [7, 11) is 1.70. The molecule has 2 heterocycles. The van der Waals surface area contributed by atoms with E-state index in [-0.39, 0.29) is 64.1 Å². The molecule has 0 unspecified atom stereocenters. The third-order valence-corrected chi connectivity index (χ3v) is 2.17. The number of imidazole rings is 1. The number of rotatable bonds is 3. The van der Waals surface area contributed by atoms with Crippen LogP contribution in [0, 0.1) is 0 Å². The minimum Gasteiger partial charge on any atom is -0.665 e. The average molecular weight is 349 g/mol. The van der Waals surface area contributed by atoms with Gasteiger partial charge in [0.1, 0.15) is 11.8 Å². The SMILES string of the molecule is CC.CC.C[N-]CCC(=O)n1cnc2cnccc21.[Rb+]. The van der Waals surface area contributed by atoms with Gasteiger partial charge in [-0.15, -0.1) is 6.54 Å². The number of hydrogen-bond acceptors (Lipinski definition) is 3. The Morgan fingerprint density at radius 1 is 1.30 bits per heavy atom. The maximum atomic E-state index is 11.7. The molecule has 5 nitrogen and oxygen atoms in total. The molecular weight excluding hydrogens is 326 g/mol. The normalized spacial score (nSPS) is 8.65. The summed E-state index contributed by atoms with van der Waals surface area (Å²) in [5.74, 6) is 0.00861. The Balaban J connectivity index is 0. The fourth-order valence-corrected chi connectivity index (χ4v) is 1.39. The van der Waals surface area contributed by atoms with Crippen molar-refractivity contribution in [3.8, 4) is 0 Å². The second kappa shape index (κ2) is 14.0. The second-order valence-electron chi connectivity index (χ2n) is 3.16. The zero-order valence-corrected chi connectivity index (χ0v) is 18.3. The minimum absolute atomic E-state index is 0. The van der Waals surface area contributed by atoms with E-state index in [4.69, 9.17) is 0 Å². The molecule has 0 N–H and O–H groups in total. The van der Waals surface area contributed by atoms with Gasteiger partial charge in [0.25, 0.3) is 0 Å². The van der Waals surface area contributed by atoms with Crippen molar-refractivity contribution >= 4 is 16.9 Å². The quantitative estimate of drug-likeness (QED) is 0.812. The zero-order chi connectivity index (χ0) is 14.7. The first kappa shape index (κ1) is 22.3. The van der Waals surface area contributed by atoms with Crippen molar-refractivity contribution < 1.29 is 63.0 Å². The third kappa shape index (κ3) is 6.67. The smallest absolute Gasteiger partial charge is 0.665 e. The van der Waals surface area contributed by atoms with Crippen LogP contribution in [0.5, 0.6) is 0 Å². The van der Waals surface area contributed by atoms with Gasteiger partial charge in [0.15, 0.2) is 0 Å². The molecule has 2 aromatic heterocycles. The van der Waals surface area contributed by atoms with Gasteiger partial charge in [0.2, 0.25) is 5.91 Å². The van der Waals surface area contributed by atoms with Crippen LogP contribution in [-0.2, 0) is 0 Å². The van der Waals surface area contributed by atoms with Crippen LogP contribution in [0.1, 0.15) is 38.9 Å². The molecular formula is C14H23N4ORb. The minimum atomic E-state index is 0. The van der Waals surface area contributed by atoms with Crippen molar-refractivity contribution in [3.05, 3.63) is 30.1 Å². The molecule has 2 rings (SSSR count). The fourth-order valence-electron chi connectivity index (χ4n) is 1.39. The summed E-state index contributed by atoms with van der Waals surface area (Å²) < 4.78 is 1.54. The van der Waals surface area contributed by atoms with E-state index in [1.54, 1.807) is 30.1 Å². The van der Waals surface area contributed by atoms with E-state index < -0.39 is 0 Å². The molecule has 106 valence electrons. The molecule has 20 heavy (non-hydrogen) atoms. The number of pyridine rings is 1. The summed E-state index contributed by atoms with van der Waals surface area (Å²) in [5.41, 5.74) is 1.53. The number of nitrogens with zero attached hydrogens (tertiary/aromatic N) is 4. The molecule has 0 fully saturated rings. The summed E-state index contributed by atoms with van der Waals surface area (Å²) >= 11 is 0. The number of carbonyl (C=O) groups excluding carboxylic acids is 1. The predicted molar refractivity (Wildman–Crippen MR) is 79.6 cm³/mol. The van der Waals surface area contributed by atoms with Gasteiger partial charge in [-0.05, 0) is 6.07 Å². The fraction of sp³-hybridized carbons (Fsp3) is 0.500. The molecule has 0 aliphatic rings. The zero-order valence-electron chi connectivity index (χ0n) is 13.4. The maximum absolute atomic E-state index is 11.7. The Bertz CT molecular complexity index is 485. The molecule has 0 amide bonds. The van der Waals surface area contributed by atoms with E-state index in [1.807, 2.05) is 27.7 Å². The van der Waals surface area contributed by atoms with E-state index in [9.17, 15) is 4.79 Å². The van der Waals surface area contributed by atoms with Crippen molar-refractivity contribution in [2.75, 3.05) is 13.6 Å². The van der Waals surface area contributed by atoms with Gasteiger partial charge in [0.05, 0.1) is 11.7 Å². The van der Waals surface area contributed by atoms with Gasteiger partial charge in [0, 0.05) is 12.6 Å². The molecule has 0 saturated heterocycles. The largest absolute Gasteiger partial charge is 1.00 e. The van der Waals surface area contributed by atoms with Crippen LogP contribution < -0.4 is 58.2 Å². The molecule has 0 radical (unpaired) electrons. The Kier molecular flexibility index (Phi) is 15.7. The van der Waals surface area contributed by atoms with Crippen LogP contribution in [0.3, 0.4) is 0 Å². The van der Waals surface area contributed by atoms with Crippen molar-refractivity contribution in [3.63, 3.8) is 0 Å². The molecule has 0 atom stereocenters. The molecule has 0 bridgehead atoms. The van der Waals surface area contributed by atoms with Crippen molar-refractivity contribution in [2.45, 2.75) is 34.1 Å². The van der Waals surface area contributed by atoms with Gasteiger partial charge in [-0.2, -0.15) is 7.05 Å². The van der Waals surface area contributed by atoms with Gasteiger partial charge in [-0.3, -0.25) is 14.3 Å². The summed E-state index contributed by atoms with van der Waals surface area (Å²) in [4.78, 5) is 19.8. The van der Waals surface area contributed by atoms with E-state index >= 15 is 0 Å². The van der Waals surface area contributed by atoms with E-state index in [0.717, 1.165) is 11.0 Å². The van der Waals surface area contributed by atoms with Gasteiger partial charge >= 0.3 is 58.2 Å². The Labute approximate surface area is 170 Å². The van der Waals surface area contributed by atoms with Gasteiger partial charge in [-0.1, -0.05) is 27.7 Å². The second-order valence-corrected chi connectivity index (χ2v) is 3.16. The Morgan fingerprint density at radius 2 is 1.95 bits per heavy atom. The molecule has 0 aliphatic heterocycles. The van der Waals surface area contributed by atoms with Gasteiger partial charge < -0.3 is 5.32 Å². The number of hydrogen-bond donors (Lipinski definition) is 0. The standard InChI is InChI=1S/C10H11N4O.2C2H6.Rb/c1-11-4-3-10(15)14-7-13-8-6-12-5-2-9(8)14;2*1-2;/h2,5-7H,3-4H2,1H3;2*1-2H3;/q-1;;;+1. The van der Waals surface area contributed by atoms with Crippen LogP contribution in [0.25, 0.3) is 16.4 Å². The summed E-state index contributed by atoms with van der Waals surface area (Å²) in [6.45, 7) is 8.55. The first-order chi connectivity index (χ1) is 9.33. The van der Waals surface area contributed by atoms with E-state index in [0.29, 0.717) is 13.0 Å². The molecule has 0 aliphatic carbocycles. The maximum Gasteiger partial charge on any atom is 1.00 e. The monoisotopic (exact) mass is 348 g/mol. The molecule has 0 spiro atoms. The van der Waals surface area contributed by atoms with Gasteiger partial charge in [-0.25, -0.2) is 4.98 Å². The van der Waals surface area contributed by atoms with E-state index in [2.05, 4.69) is 15.3 Å². The number of carbonyl (C=O) groups is 1. The van der Waals surface area contributed by atoms with Crippen LogP contribution in [0.15, 0.2) is 24.8 Å². The number of fused-ring (bicyclic) bond motifs is 1. The van der Waals surface area contributed by atoms with Crippen LogP contribution in [0.2, 0.25) is 0 Å². The van der Waals surface area contributed by atoms with E-state index in [1.165, 1.54) is 6.33 Å². The summed E-state index contributed by atoms with van der Waals surface area (Å²) in [5, 5.41) is 3.90. The Morgan fingerprint density at radius 3 is 2.55 bits per heavy atom. The average Bonchev–Trinajstić information content (AvgIpc) is 2.93. The summed E-state index contributed by atoms with van der Waals surface area (Å²) in [6.07, 6.45) is 5.23. The topological polar surface area (TPSA) is 61.9 Å². The predicted octanol–water partition coefficient (Wildman–Crippen LogP) is 0.522. The number of aromatic nitrogens is 3. The van der Waals surface area contributed by atoms with Crippen LogP contribution >= 0.6 is 0 Å². The third-order valence-electron chi connectivity index (χ3n) is 2.17. The van der Waals surface area contributed by atoms with Crippen LogP contribution in [-0.4, -0.2) is 34.0 Å². The Hall–Kier alpha value is 0.0552. The van der Waals surface area contributed by atoms with Crippen LogP contribution in [0.4, 0.5) is 0 Å². The first-order valence-electron chi connectivity index (χ1n) is 6.69.